The second-order valence-corrected chi connectivity index (χ2v) is 13.1. The van der Waals surface area contributed by atoms with Crippen molar-refractivity contribution < 1.29 is 0 Å². The van der Waals surface area contributed by atoms with E-state index in [1.54, 1.807) is 0 Å². The molecule has 228 valence electrons. The number of nitrogens with one attached hydrogen (secondary N) is 2. The normalized spacial score (nSPS) is 12.1. The van der Waals surface area contributed by atoms with Crippen molar-refractivity contribution in [2.45, 2.75) is 0 Å². The third kappa shape index (κ3) is 3.84. The molecule has 0 aliphatic carbocycles. The third-order valence-corrected chi connectivity index (χ3v) is 10.5. The van der Waals surface area contributed by atoms with Crippen LogP contribution in [0.1, 0.15) is 0 Å². The molecule has 3 aromatic heterocycles. The standard InChI is InChI=1S/C46H29N3/c1-3-9-28(10-4-1)30-17-22-40-37(25-30)35-20-15-29-16-21-36-38-26-31(18-23-41(38)48-46(36)44(29)45(35)47-40)32-19-24-43-39(27-32)34-13-7-8-14-42(34)49(43)33-11-5-2-6-12-33/h1-27,47-48H. The second-order valence-electron chi connectivity index (χ2n) is 13.1. The fraction of sp³-hybridized carbons (Fsp3) is 0. The van der Waals surface area contributed by atoms with Gasteiger partial charge in [-0.25, -0.2) is 0 Å². The van der Waals surface area contributed by atoms with Gasteiger partial charge in [0.25, 0.3) is 0 Å². The Labute approximate surface area is 281 Å². The van der Waals surface area contributed by atoms with Crippen LogP contribution in [-0.4, -0.2) is 14.5 Å². The third-order valence-electron chi connectivity index (χ3n) is 10.5. The fourth-order valence-corrected chi connectivity index (χ4v) is 8.15. The molecule has 0 atom stereocenters. The summed E-state index contributed by atoms with van der Waals surface area (Å²) in [6.07, 6.45) is 0. The number of nitrogens with zero attached hydrogens (tertiary/aromatic N) is 1. The molecule has 11 rings (SSSR count). The fourth-order valence-electron chi connectivity index (χ4n) is 8.15. The van der Waals surface area contributed by atoms with E-state index in [1.807, 2.05) is 0 Å². The van der Waals surface area contributed by atoms with E-state index in [1.165, 1.54) is 93.1 Å². The molecule has 3 heterocycles. The van der Waals surface area contributed by atoms with E-state index in [2.05, 4.69) is 178 Å². The van der Waals surface area contributed by atoms with Gasteiger partial charge in [-0.15, -0.1) is 0 Å². The maximum Gasteiger partial charge on any atom is 0.0565 e. The van der Waals surface area contributed by atoms with Gasteiger partial charge in [-0.3, -0.25) is 0 Å². The Balaban J connectivity index is 1.10. The monoisotopic (exact) mass is 623 g/mol. The SMILES string of the molecule is c1ccc(-c2ccc3[nH]c4c(ccc5ccc6c7cc(-c8ccc9c(c8)c8ccccc8n9-c8ccccc8)ccc7[nH]c6c54)c3c2)cc1. The maximum atomic E-state index is 3.83. The van der Waals surface area contributed by atoms with Crippen molar-refractivity contribution in [3.05, 3.63) is 164 Å². The van der Waals surface area contributed by atoms with Gasteiger partial charge in [0, 0.05) is 54.4 Å². The summed E-state index contributed by atoms with van der Waals surface area (Å²) < 4.78 is 2.37. The van der Waals surface area contributed by atoms with Crippen molar-refractivity contribution >= 4 is 76.2 Å². The summed E-state index contributed by atoms with van der Waals surface area (Å²) in [7, 11) is 0. The van der Waals surface area contributed by atoms with Gasteiger partial charge in [-0.1, -0.05) is 109 Å². The summed E-state index contributed by atoms with van der Waals surface area (Å²) in [5.74, 6) is 0. The Kier molecular flexibility index (Phi) is 5.38. The summed E-state index contributed by atoms with van der Waals surface area (Å²) in [5.41, 5.74) is 13.2. The van der Waals surface area contributed by atoms with Gasteiger partial charge in [0.05, 0.1) is 22.1 Å². The first-order valence-electron chi connectivity index (χ1n) is 16.9. The minimum atomic E-state index is 1.15. The van der Waals surface area contributed by atoms with Crippen molar-refractivity contribution in [1.29, 1.82) is 0 Å². The number of H-pyrrole nitrogens is 2. The van der Waals surface area contributed by atoms with Gasteiger partial charge >= 0.3 is 0 Å². The highest BCUT2D eigenvalue weighted by Gasteiger charge is 2.16. The average Bonchev–Trinajstić information content (AvgIpc) is 3.84. The van der Waals surface area contributed by atoms with Gasteiger partial charge in [-0.2, -0.15) is 0 Å². The van der Waals surface area contributed by atoms with E-state index < -0.39 is 0 Å². The molecule has 0 unspecified atom stereocenters. The lowest BCUT2D eigenvalue weighted by molar-refractivity contribution is 1.18. The van der Waals surface area contributed by atoms with Crippen LogP contribution in [0.15, 0.2) is 164 Å². The van der Waals surface area contributed by atoms with E-state index >= 15 is 0 Å². The molecule has 3 nitrogen and oxygen atoms in total. The number of fused-ring (bicyclic) bond motifs is 12. The Morgan fingerprint density at radius 3 is 1.55 bits per heavy atom. The van der Waals surface area contributed by atoms with Crippen molar-refractivity contribution in [2.24, 2.45) is 0 Å². The number of hydrogen-bond acceptors (Lipinski definition) is 0. The Morgan fingerprint density at radius 1 is 0.347 bits per heavy atom. The molecule has 0 spiro atoms. The number of benzene rings is 8. The Morgan fingerprint density at radius 2 is 0.878 bits per heavy atom. The molecule has 11 aromatic rings. The van der Waals surface area contributed by atoms with Gasteiger partial charge in [0.2, 0.25) is 0 Å². The van der Waals surface area contributed by atoms with Crippen LogP contribution in [0.3, 0.4) is 0 Å². The van der Waals surface area contributed by atoms with Gasteiger partial charge in [-0.05, 0) is 82.2 Å². The summed E-state index contributed by atoms with van der Waals surface area (Å²) in [6.45, 7) is 0. The van der Waals surface area contributed by atoms with E-state index in [-0.39, 0.29) is 0 Å². The quantitative estimate of drug-likeness (QED) is 0.196. The lowest BCUT2D eigenvalue weighted by Gasteiger charge is -2.08. The molecule has 0 saturated carbocycles. The van der Waals surface area contributed by atoms with Crippen molar-refractivity contribution in [3.8, 4) is 27.9 Å². The topological polar surface area (TPSA) is 36.5 Å². The molecule has 0 amide bonds. The van der Waals surface area contributed by atoms with Crippen LogP contribution in [0.2, 0.25) is 0 Å². The van der Waals surface area contributed by atoms with Crippen LogP contribution in [-0.2, 0) is 0 Å². The molecular weight excluding hydrogens is 595 g/mol. The number of hydrogen-bond donors (Lipinski definition) is 2. The van der Waals surface area contributed by atoms with Crippen molar-refractivity contribution in [1.82, 2.24) is 14.5 Å². The number of aromatic nitrogens is 3. The zero-order valence-electron chi connectivity index (χ0n) is 26.5. The van der Waals surface area contributed by atoms with Crippen LogP contribution in [0, 0.1) is 0 Å². The molecule has 2 N–H and O–H groups in total. The highest BCUT2D eigenvalue weighted by Crippen LogP contribution is 2.40. The number of para-hydroxylation sites is 2. The number of aromatic amines is 2. The highest BCUT2D eigenvalue weighted by molar-refractivity contribution is 6.27. The molecule has 0 bridgehead atoms. The van der Waals surface area contributed by atoms with Crippen molar-refractivity contribution in [2.75, 3.05) is 0 Å². The average molecular weight is 624 g/mol. The van der Waals surface area contributed by atoms with E-state index in [0.717, 1.165) is 11.0 Å². The first kappa shape index (κ1) is 26.5. The summed E-state index contributed by atoms with van der Waals surface area (Å²) >= 11 is 0. The molecule has 0 aliphatic rings. The molecule has 0 saturated heterocycles. The van der Waals surface area contributed by atoms with E-state index in [4.69, 9.17) is 0 Å². The van der Waals surface area contributed by atoms with Gasteiger partial charge in [0.15, 0.2) is 0 Å². The number of rotatable bonds is 3. The first-order valence-corrected chi connectivity index (χ1v) is 16.9. The highest BCUT2D eigenvalue weighted by atomic mass is 15.0. The van der Waals surface area contributed by atoms with E-state index in [9.17, 15) is 0 Å². The minimum absolute atomic E-state index is 1.15. The molecule has 3 heteroatoms. The maximum absolute atomic E-state index is 3.83. The van der Waals surface area contributed by atoms with Gasteiger partial charge in [0.1, 0.15) is 0 Å². The largest absolute Gasteiger partial charge is 0.354 e. The first-order chi connectivity index (χ1) is 24.3. The predicted molar refractivity (Wildman–Crippen MR) is 208 cm³/mol. The lowest BCUT2D eigenvalue weighted by Crippen LogP contribution is -1.92. The van der Waals surface area contributed by atoms with Gasteiger partial charge < -0.3 is 14.5 Å². The van der Waals surface area contributed by atoms with Crippen LogP contribution in [0.4, 0.5) is 0 Å². The predicted octanol–water partition coefficient (Wildman–Crippen LogP) is 12.5. The molecule has 8 aromatic carbocycles. The Bertz CT molecular complexity index is 3090. The van der Waals surface area contributed by atoms with Crippen LogP contribution in [0.5, 0.6) is 0 Å². The summed E-state index contributed by atoms with van der Waals surface area (Å²) in [4.78, 5) is 7.62. The minimum Gasteiger partial charge on any atom is -0.354 e. The Hall–Kier alpha value is -6.58. The van der Waals surface area contributed by atoms with Crippen LogP contribution >= 0.6 is 0 Å². The zero-order chi connectivity index (χ0) is 32.1. The molecule has 0 radical (unpaired) electrons. The molecule has 0 aliphatic heterocycles. The second kappa shape index (κ2) is 9.96. The molecular formula is C46H29N3. The smallest absolute Gasteiger partial charge is 0.0565 e. The van der Waals surface area contributed by atoms with Crippen LogP contribution in [0.25, 0.3) is 104 Å². The summed E-state index contributed by atoms with van der Waals surface area (Å²) in [6, 6.07) is 59.6. The lowest BCUT2D eigenvalue weighted by atomic mass is 9.99. The van der Waals surface area contributed by atoms with Crippen molar-refractivity contribution in [3.63, 3.8) is 0 Å². The van der Waals surface area contributed by atoms with E-state index in [0.29, 0.717) is 0 Å². The zero-order valence-corrected chi connectivity index (χ0v) is 26.5. The summed E-state index contributed by atoms with van der Waals surface area (Å²) in [5, 5.41) is 9.96. The molecule has 0 fully saturated rings. The van der Waals surface area contributed by atoms with Crippen LogP contribution < -0.4 is 0 Å². The molecule has 49 heavy (non-hydrogen) atoms.